The lowest BCUT2D eigenvalue weighted by molar-refractivity contribution is -0.148. The van der Waals surface area contributed by atoms with Crippen LogP contribution in [0.25, 0.3) is 0 Å². The first-order valence-electron chi connectivity index (χ1n) is 8.62. The Labute approximate surface area is 152 Å². The monoisotopic (exact) mass is 358 g/mol. The lowest BCUT2D eigenvalue weighted by Gasteiger charge is -2.26. The number of fused-ring (bicyclic) bond motifs is 2. The zero-order valence-electron chi connectivity index (χ0n) is 15.1. The van der Waals surface area contributed by atoms with Crippen molar-refractivity contribution in [1.29, 1.82) is 0 Å². The van der Waals surface area contributed by atoms with Crippen molar-refractivity contribution in [2.45, 2.75) is 51.9 Å². The maximum Gasteiger partial charge on any atom is 0.334 e. The van der Waals surface area contributed by atoms with E-state index < -0.39 is 36.0 Å². The molecule has 0 N–H and O–H groups in total. The molecular formula is C20H22O6. The standard InChI is InChI=1S/C20H22O6/c1-5-11(3)18(21)25-16-9-13-8-14(24-20(13)23)6-10(2)7-15-17(16)12(4)19(22)26-15/h5,7-8,14-17H,4,6,9H2,1-3H3/b10-7+,11-5+/t14-,15-,16+,17+/m1/s1. The van der Waals surface area contributed by atoms with Crippen LogP contribution in [0.2, 0.25) is 0 Å². The van der Waals surface area contributed by atoms with Crippen molar-refractivity contribution in [2.75, 3.05) is 0 Å². The molecule has 0 amide bonds. The second-order valence-electron chi connectivity index (χ2n) is 6.89. The number of allylic oxidation sites excluding steroid dienone is 1. The molecule has 1 aliphatic carbocycles. The van der Waals surface area contributed by atoms with Crippen molar-refractivity contribution >= 4 is 17.9 Å². The molecule has 4 atom stereocenters. The van der Waals surface area contributed by atoms with Crippen molar-refractivity contribution in [2.24, 2.45) is 5.92 Å². The molecule has 2 aliphatic heterocycles. The minimum absolute atomic E-state index is 0.155. The van der Waals surface area contributed by atoms with Gasteiger partial charge in [0, 0.05) is 29.6 Å². The molecule has 2 heterocycles. The van der Waals surface area contributed by atoms with Gasteiger partial charge in [-0.2, -0.15) is 0 Å². The van der Waals surface area contributed by atoms with Crippen LogP contribution in [0.5, 0.6) is 0 Å². The van der Waals surface area contributed by atoms with Crippen molar-refractivity contribution in [3.8, 4) is 0 Å². The van der Waals surface area contributed by atoms with Crippen LogP contribution in [0, 0.1) is 5.92 Å². The quantitative estimate of drug-likeness (QED) is 0.327. The fourth-order valence-corrected chi connectivity index (χ4v) is 3.44. The maximum absolute atomic E-state index is 12.3. The van der Waals surface area contributed by atoms with Gasteiger partial charge in [-0.05, 0) is 32.9 Å². The van der Waals surface area contributed by atoms with E-state index in [1.165, 1.54) is 0 Å². The normalized spacial score (nSPS) is 33.5. The third-order valence-corrected chi connectivity index (χ3v) is 4.98. The number of esters is 3. The average Bonchev–Trinajstić information content (AvgIpc) is 3.04. The van der Waals surface area contributed by atoms with Gasteiger partial charge in [0.2, 0.25) is 0 Å². The predicted molar refractivity (Wildman–Crippen MR) is 92.8 cm³/mol. The minimum atomic E-state index is -0.749. The van der Waals surface area contributed by atoms with E-state index >= 15 is 0 Å². The van der Waals surface area contributed by atoms with Gasteiger partial charge >= 0.3 is 17.9 Å². The lowest BCUT2D eigenvalue weighted by Crippen LogP contribution is -2.34. The zero-order valence-corrected chi connectivity index (χ0v) is 15.1. The van der Waals surface area contributed by atoms with E-state index in [-0.39, 0.29) is 18.1 Å². The Kier molecular flexibility index (Phi) is 4.85. The van der Waals surface area contributed by atoms with Crippen molar-refractivity contribution < 1.29 is 28.6 Å². The first kappa shape index (κ1) is 18.2. The highest BCUT2D eigenvalue weighted by atomic mass is 16.6. The van der Waals surface area contributed by atoms with Gasteiger partial charge in [-0.1, -0.05) is 18.2 Å². The SMILES string of the molecule is C=C1C(=O)O[C@@H]2/C=C(\C)C[C@@H]3C=C(C[C@H](OC(=O)/C(C)=C/C)[C@@H]12)C(=O)O3. The molecule has 0 radical (unpaired) electrons. The summed E-state index contributed by atoms with van der Waals surface area (Å²) in [5.74, 6) is -1.96. The summed E-state index contributed by atoms with van der Waals surface area (Å²) in [6.07, 6.45) is 4.26. The van der Waals surface area contributed by atoms with E-state index in [0.717, 1.165) is 5.57 Å². The summed E-state index contributed by atoms with van der Waals surface area (Å²) < 4.78 is 16.5. The minimum Gasteiger partial charge on any atom is -0.458 e. The van der Waals surface area contributed by atoms with Gasteiger partial charge in [-0.3, -0.25) is 0 Å². The Balaban J connectivity index is 2.00. The molecule has 138 valence electrons. The Morgan fingerprint density at radius 2 is 1.96 bits per heavy atom. The van der Waals surface area contributed by atoms with E-state index in [1.54, 1.807) is 26.0 Å². The number of hydrogen-bond acceptors (Lipinski definition) is 6. The molecular weight excluding hydrogens is 336 g/mol. The second kappa shape index (κ2) is 6.94. The summed E-state index contributed by atoms with van der Waals surface area (Å²) in [5, 5.41) is 0. The Morgan fingerprint density at radius 3 is 2.65 bits per heavy atom. The molecule has 0 unspecified atom stereocenters. The smallest absolute Gasteiger partial charge is 0.334 e. The summed E-state index contributed by atoms with van der Waals surface area (Å²) in [5.41, 5.74) is 2.07. The number of hydrogen-bond donors (Lipinski definition) is 0. The number of carbonyl (C=O) groups is 3. The predicted octanol–water partition coefficient (Wildman–Crippen LogP) is 2.55. The van der Waals surface area contributed by atoms with Crippen molar-refractivity contribution in [1.82, 2.24) is 0 Å². The maximum atomic E-state index is 12.3. The first-order chi connectivity index (χ1) is 12.3. The van der Waals surface area contributed by atoms with Crippen LogP contribution in [0.15, 0.2) is 47.1 Å². The highest BCUT2D eigenvalue weighted by Gasteiger charge is 2.46. The first-order valence-corrected chi connectivity index (χ1v) is 8.62. The van der Waals surface area contributed by atoms with Crippen molar-refractivity contribution in [3.63, 3.8) is 0 Å². The molecule has 0 aromatic carbocycles. The molecule has 26 heavy (non-hydrogen) atoms. The third-order valence-electron chi connectivity index (χ3n) is 4.98. The highest BCUT2D eigenvalue weighted by molar-refractivity contribution is 5.93. The molecule has 0 aromatic heterocycles. The van der Waals surface area contributed by atoms with Gasteiger partial charge in [0.1, 0.15) is 18.3 Å². The molecule has 6 heteroatoms. The third kappa shape index (κ3) is 3.36. The largest absolute Gasteiger partial charge is 0.458 e. The van der Waals surface area contributed by atoms with E-state index in [2.05, 4.69) is 6.58 Å². The number of ether oxygens (including phenoxy) is 3. The second-order valence-corrected chi connectivity index (χ2v) is 6.89. The summed E-state index contributed by atoms with van der Waals surface area (Å²) in [7, 11) is 0. The van der Waals surface area contributed by atoms with Crippen LogP contribution in [0.4, 0.5) is 0 Å². The zero-order chi connectivity index (χ0) is 19.0. The van der Waals surface area contributed by atoms with E-state index in [9.17, 15) is 14.4 Å². The van der Waals surface area contributed by atoms with E-state index in [4.69, 9.17) is 14.2 Å². The summed E-state index contributed by atoms with van der Waals surface area (Å²) in [4.78, 5) is 36.6. The van der Waals surface area contributed by atoms with E-state index in [1.807, 2.05) is 13.0 Å². The summed E-state index contributed by atoms with van der Waals surface area (Å²) in [6, 6.07) is 0. The van der Waals surface area contributed by atoms with Gasteiger partial charge < -0.3 is 14.2 Å². The molecule has 6 nitrogen and oxygen atoms in total. The molecule has 3 rings (SSSR count). The number of carbonyl (C=O) groups excluding carboxylic acids is 3. The van der Waals surface area contributed by atoms with Gasteiger partial charge in [-0.25, -0.2) is 14.4 Å². The van der Waals surface area contributed by atoms with Gasteiger partial charge in [0.15, 0.2) is 0 Å². The molecule has 1 fully saturated rings. The number of rotatable bonds is 2. The lowest BCUT2D eigenvalue weighted by atomic mass is 9.85. The Morgan fingerprint density at radius 1 is 1.23 bits per heavy atom. The van der Waals surface area contributed by atoms with Crippen LogP contribution in [0.1, 0.15) is 33.6 Å². The van der Waals surface area contributed by atoms with Gasteiger partial charge in [-0.15, -0.1) is 0 Å². The van der Waals surface area contributed by atoms with Crippen LogP contribution in [-0.4, -0.2) is 36.2 Å². The topological polar surface area (TPSA) is 78.9 Å². The Hall–Kier alpha value is -2.63. The average molecular weight is 358 g/mol. The van der Waals surface area contributed by atoms with Crippen LogP contribution >= 0.6 is 0 Å². The van der Waals surface area contributed by atoms with Crippen LogP contribution in [-0.2, 0) is 28.6 Å². The molecule has 0 aromatic rings. The summed E-state index contributed by atoms with van der Waals surface area (Å²) in [6.45, 7) is 9.10. The van der Waals surface area contributed by atoms with Gasteiger partial charge in [0.05, 0.1) is 5.92 Å². The molecule has 3 aliphatic rings. The fourth-order valence-electron chi connectivity index (χ4n) is 3.44. The highest BCUT2D eigenvalue weighted by Crippen LogP contribution is 2.38. The van der Waals surface area contributed by atoms with Gasteiger partial charge in [0.25, 0.3) is 0 Å². The molecule has 2 bridgehead atoms. The Bertz CT molecular complexity index is 769. The van der Waals surface area contributed by atoms with Crippen molar-refractivity contribution in [3.05, 3.63) is 47.1 Å². The van der Waals surface area contributed by atoms with Crippen LogP contribution in [0.3, 0.4) is 0 Å². The molecule has 0 saturated carbocycles. The van der Waals surface area contributed by atoms with Crippen LogP contribution < -0.4 is 0 Å². The fraction of sp³-hybridized carbons (Fsp3) is 0.450. The van der Waals surface area contributed by atoms with E-state index in [0.29, 0.717) is 17.6 Å². The molecule has 0 spiro atoms. The summed E-state index contributed by atoms with van der Waals surface area (Å²) >= 11 is 0. The molecule has 1 saturated heterocycles.